The van der Waals surface area contributed by atoms with Crippen LogP contribution in [0, 0.1) is 13.8 Å². The van der Waals surface area contributed by atoms with Gasteiger partial charge in [-0.15, -0.1) is 0 Å². The Morgan fingerprint density at radius 2 is 2.00 bits per heavy atom. The second-order valence-electron chi connectivity index (χ2n) is 5.10. The van der Waals surface area contributed by atoms with Crippen molar-refractivity contribution in [3.05, 3.63) is 52.9 Å². The Morgan fingerprint density at radius 1 is 1.30 bits per heavy atom. The van der Waals surface area contributed by atoms with Gasteiger partial charge in [0.15, 0.2) is 0 Å². The molecule has 1 aromatic carbocycles. The molecule has 0 aliphatic rings. The van der Waals surface area contributed by atoms with Crippen LogP contribution in [0.5, 0.6) is 0 Å². The first kappa shape index (κ1) is 14.3. The summed E-state index contributed by atoms with van der Waals surface area (Å²) < 4.78 is 5.06. The molecule has 0 bridgehead atoms. The van der Waals surface area contributed by atoms with Gasteiger partial charge in [0.05, 0.1) is 12.1 Å². The number of carbonyl (C=O) groups excluding carboxylic acids is 1. The number of amides is 1. The zero-order valence-corrected chi connectivity index (χ0v) is 12.1. The fourth-order valence-corrected chi connectivity index (χ4v) is 2.14. The maximum Gasteiger partial charge on any atom is 0.224 e. The lowest BCUT2D eigenvalue weighted by molar-refractivity contribution is -0.120. The number of aromatic nitrogens is 1. The molecule has 1 heterocycles. The standard InChI is InChI=1S/C16H20N2O2/c1-11(14-7-5-4-6-8-14)10-17-16(19)9-15-12(2)18-20-13(15)3/h4-8,11H,9-10H2,1-3H3,(H,17,19)/t11-/m0/s1. The Balaban J connectivity index is 1.87. The minimum absolute atomic E-state index is 0.00202. The number of hydrogen-bond acceptors (Lipinski definition) is 3. The summed E-state index contributed by atoms with van der Waals surface area (Å²) in [5.74, 6) is 1.01. The quantitative estimate of drug-likeness (QED) is 0.910. The number of hydrogen-bond donors (Lipinski definition) is 1. The Bertz CT molecular complexity index is 556. The summed E-state index contributed by atoms with van der Waals surface area (Å²) in [5.41, 5.74) is 2.90. The third-order valence-corrected chi connectivity index (χ3v) is 3.49. The van der Waals surface area contributed by atoms with E-state index in [0.29, 0.717) is 24.6 Å². The van der Waals surface area contributed by atoms with E-state index >= 15 is 0 Å². The highest BCUT2D eigenvalue weighted by Crippen LogP contribution is 2.14. The maximum absolute atomic E-state index is 12.0. The van der Waals surface area contributed by atoms with Crippen molar-refractivity contribution < 1.29 is 9.32 Å². The van der Waals surface area contributed by atoms with Gasteiger partial charge in [0.1, 0.15) is 5.76 Å². The van der Waals surface area contributed by atoms with Crippen molar-refractivity contribution in [2.24, 2.45) is 0 Å². The summed E-state index contributed by atoms with van der Waals surface area (Å²) in [7, 11) is 0. The van der Waals surface area contributed by atoms with Gasteiger partial charge in [0.25, 0.3) is 0 Å². The molecule has 0 saturated carbocycles. The molecule has 0 aliphatic carbocycles. The fourth-order valence-electron chi connectivity index (χ4n) is 2.14. The van der Waals surface area contributed by atoms with Gasteiger partial charge >= 0.3 is 0 Å². The van der Waals surface area contributed by atoms with E-state index in [1.807, 2.05) is 32.0 Å². The van der Waals surface area contributed by atoms with Crippen molar-refractivity contribution >= 4 is 5.91 Å². The second-order valence-corrected chi connectivity index (χ2v) is 5.10. The smallest absolute Gasteiger partial charge is 0.224 e. The SMILES string of the molecule is Cc1noc(C)c1CC(=O)NC[C@H](C)c1ccccc1. The van der Waals surface area contributed by atoms with Crippen LogP contribution in [0.25, 0.3) is 0 Å². The number of nitrogens with one attached hydrogen (secondary N) is 1. The normalized spacial score (nSPS) is 12.2. The van der Waals surface area contributed by atoms with E-state index in [4.69, 9.17) is 4.52 Å². The van der Waals surface area contributed by atoms with Gasteiger partial charge in [-0.05, 0) is 25.3 Å². The predicted octanol–water partition coefficient (Wildman–Crippen LogP) is 2.75. The molecule has 2 rings (SSSR count). The van der Waals surface area contributed by atoms with Gasteiger partial charge in [0.2, 0.25) is 5.91 Å². The van der Waals surface area contributed by atoms with E-state index in [-0.39, 0.29) is 5.91 Å². The van der Waals surface area contributed by atoms with Crippen LogP contribution < -0.4 is 5.32 Å². The van der Waals surface area contributed by atoms with Crippen LogP contribution in [0.3, 0.4) is 0 Å². The molecule has 1 atom stereocenters. The van der Waals surface area contributed by atoms with Crippen molar-refractivity contribution in [1.29, 1.82) is 0 Å². The Hall–Kier alpha value is -2.10. The number of aryl methyl sites for hydroxylation is 2. The van der Waals surface area contributed by atoms with Crippen molar-refractivity contribution in [1.82, 2.24) is 10.5 Å². The topological polar surface area (TPSA) is 55.1 Å². The molecule has 106 valence electrons. The lowest BCUT2D eigenvalue weighted by Crippen LogP contribution is -2.29. The van der Waals surface area contributed by atoms with E-state index in [0.717, 1.165) is 11.3 Å². The van der Waals surface area contributed by atoms with Crippen molar-refractivity contribution in [2.45, 2.75) is 33.1 Å². The van der Waals surface area contributed by atoms with Crippen molar-refractivity contribution in [3.8, 4) is 0 Å². The molecule has 0 aliphatic heterocycles. The molecule has 0 fully saturated rings. The maximum atomic E-state index is 12.0. The van der Waals surface area contributed by atoms with Gasteiger partial charge in [0, 0.05) is 12.1 Å². The summed E-state index contributed by atoms with van der Waals surface area (Å²) >= 11 is 0. The predicted molar refractivity (Wildman–Crippen MR) is 77.5 cm³/mol. The first-order chi connectivity index (χ1) is 9.58. The number of rotatable bonds is 5. The Morgan fingerprint density at radius 3 is 2.60 bits per heavy atom. The largest absolute Gasteiger partial charge is 0.361 e. The molecule has 2 aromatic rings. The van der Waals surface area contributed by atoms with Crippen LogP contribution in [-0.4, -0.2) is 17.6 Å². The zero-order chi connectivity index (χ0) is 14.5. The fraction of sp³-hybridized carbons (Fsp3) is 0.375. The first-order valence-corrected chi connectivity index (χ1v) is 6.81. The average molecular weight is 272 g/mol. The summed E-state index contributed by atoms with van der Waals surface area (Å²) in [6, 6.07) is 10.2. The molecule has 0 spiro atoms. The van der Waals surface area contributed by atoms with E-state index in [1.165, 1.54) is 5.56 Å². The summed E-state index contributed by atoms with van der Waals surface area (Å²) in [6.45, 7) is 6.42. The monoisotopic (exact) mass is 272 g/mol. The minimum atomic E-state index is 0.00202. The summed E-state index contributed by atoms with van der Waals surface area (Å²) in [4.78, 5) is 12.0. The second kappa shape index (κ2) is 6.37. The van der Waals surface area contributed by atoms with E-state index in [2.05, 4.69) is 29.5 Å². The van der Waals surface area contributed by atoms with Gasteiger partial charge in [-0.2, -0.15) is 0 Å². The van der Waals surface area contributed by atoms with Gasteiger partial charge in [-0.3, -0.25) is 4.79 Å². The van der Waals surface area contributed by atoms with Crippen LogP contribution in [0.4, 0.5) is 0 Å². The van der Waals surface area contributed by atoms with Crippen molar-refractivity contribution in [3.63, 3.8) is 0 Å². The highest BCUT2D eigenvalue weighted by molar-refractivity contribution is 5.79. The molecule has 20 heavy (non-hydrogen) atoms. The van der Waals surface area contributed by atoms with Crippen LogP contribution >= 0.6 is 0 Å². The molecule has 1 aromatic heterocycles. The summed E-state index contributed by atoms with van der Waals surface area (Å²) in [5, 5.41) is 6.82. The zero-order valence-electron chi connectivity index (χ0n) is 12.1. The minimum Gasteiger partial charge on any atom is -0.361 e. The number of nitrogens with zero attached hydrogens (tertiary/aromatic N) is 1. The molecular formula is C16H20N2O2. The van der Waals surface area contributed by atoms with Gasteiger partial charge in [-0.1, -0.05) is 42.4 Å². The lowest BCUT2D eigenvalue weighted by Gasteiger charge is -2.13. The van der Waals surface area contributed by atoms with E-state index in [9.17, 15) is 4.79 Å². The molecule has 4 heteroatoms. The van der Waals surface area contributed by atoms with Crippen LogP contribution in [0.15, 0.2) is 34.9 Å². The number of carbonyl (C=O) groups is 1. The van der Waals surface area contributed by atoms with Crippen LogP contribution in [0.1, 0.15) is 35.4 Å². The van der Waals surface area contributed by atoms with Gasteiger partial charge in [-0.25, -0.2) is 0 Å². The molecule has 0 unspecified atom stereocenters. The van der Waals surface area contributed by atoms with E-state index in [1.54, 1.807) is 0 Å². The van der Waals surface area contributed by atoms with Gasteiger partial charge < -0.3 is 9.84 Å². The highest BCUT2D eigenvalue weighted by Gasteiger charge is 2.14. The molecule has 1 N–H and O–H groups in total. The average Bonchev–Trinajstić information content (AvgIpc) is 2.77. The van der Waals surface area contributed by atoms with Crippen LogP contribution in [-0.2, 0) is 11.2 Å². The van der Waals surface area contributed by atoms with E-state index < -0.39 is 0 Å². The Labute approximate surface area is 119 Å². The lowest BCUT2D eigenvalue weighted by atomic mass is 10.0. The van der Waals surface area contributed by atoms with Crippen molar-refractivity contribution in [2.75, 3.05) is 6.54 Å². The number of benzene rings is 1. The summed E-state index contributed by atoms with van der Waals surface area (Å²) in [6.07, 6.45) is 0.322. The molecular weight excluding hydrogens is 252 g/mol. The highest BCUT2D eigenvalue weighted by atomic mass is 16.5. The third-order valence-electron chi connectivity index (χ3n) is 3.49. The Kier molecular flexibility index (Phi) is 4.56. The molecule has 4 nitrogen and oxygen atoms in total. The first-order valence-electron chi connectivity index (χ1n) is 6.81. The molecule has 1 amide bonds. The third kappa shape index (κ3) is 3.47. The molecule has 0 radical (unpaired) electrons. The molecule has 0 saturated heterocycles. The van der Waals surface area contributed by atoms with Crippen LogP contribution in [0.2, 0.25) is 0 Å².